The molecule has 0 spiro atoms. The summed E-state index contributed by atoms with van der Waals surface area (Å²) in [6, 6.07) is 14.5. The SMILES string of the molecule is [SbH2][c]1cccc2oc3ccccc3c12. The summed E-state index contributed by atoms with van der Waals surface area (Å²) < 4.78 is 7.15. The zero-order chi connectivity index (χ0) is 9.54. The number of hydrogen-bond acceptors (Lipinski definition) is 1. The van der Waals surface area contributed by atoms with E-state index < -0.39 is 0 Å². The van der Waals surface area contributed by atoms with Crippen LogP contribution in [0.1, 0.15) is 0 Å². The van der Waals surface area contributed by atoms with E-state index in [-0.39, 0.29) is 0 Å². The van der Waals surface area contributed by atoms with Gasteiger partial charge in [-0.3, -0.25) is 0 Å². The molecule has 2 heteroatoms. The summed E-state index contributed by atoms with van der Waals surface area (Å²) in [6.07, 6.45) is 0. The molecule has 0 fully saturated rings. The van der Waals surface area contributed by atoms with Gasteiger partial charge < -0.3 is 0 Å². The topological polar surface area (TPSA) is 13.1 Å². The van der Waals surface area contributed by atoms with Crippen molar-refractivity contribution in [2.45, 2.75) is 0 Å². The van der Waals surface area contributed by atoms with Crippen molar-refractivity contribution < 1.29 is 4.42 Å². The molecule has 0 aliphatic carbocycles. The van der Waals surface area contributed by atoms with Crippen molar-refractivity contribution in [2.75, 3.05) is 0 Å². The van der Waals surface area contributed by atoms with Gasteiger partial charge in [-0.1, -0.05) is 0 Å². The van der Waals surface area contributed by atoms with Crippen LogP contribution in [0.4, 0.5) is 0 Å². The first-order valence-electron chi connectivity index (χ1n) is 4.52. The van der Waals surface area contributed by atoms with Gasteiger partial charge in [0.25, 0.3) is 0 Å². The van der Waals surface area contributed by atoms with E-state index in [1.165, 1.54) is 14.3 Å². The second-order valence-corrected chi connectivity index (χ2v) is 5.09. The molecule has 2 aromatic carbocycles. The van der Waals surface area contributed by atoms with E-state index in [9.17, 15) is 0 Å². The number of benzene rings is 2. The van der Waals surface area contributed by atoms with E-state index in [0.717, 1.165) is 34.2 Å². The fourth-order valence-corrected chi connectivity index (χ4v) is 2.97. The first-order valence-corrected chi connectivity index (χ1v) is 6.17. The molecule has 14 heavy (non-hydrogen) atoms. The van der Waals surface area contributed by atoms with Gasteiger partial charge in [-0.05, 0) is 0 Å². The van der Waals surface area contributed by atoms with Crippen LogP contribution in [-0.4, -0.2) is 23.0 Å². The van der Waals surface area contributed by atoms with E-state index in [0.29, 0.717) is 0 Å². The van der Waals surface area contributed by atoms with Gasteiger partial charge in [0.1, 0.15) is 0 Å². The molecule has 1 nitrogen and oxygen atoms in total. The number of furan rings is 1. The molecule has 0 amide bonds. The average molecular weight is 291 g/mol. The Morgan fingerprint density at radius 1 is 0.857 bits per heavy atom. The van der Waals surface area contributed by atoms with Crippen LogP contribution >= 0.6 is 0 Å². The number of hydrogen-bond donors (Lipinski definition) is 0. The van der Waals surface area contributed by atoms with Gasteiger partial charge in [-0.2, -0.15) is 0 Å². The Morgan fingerprint density at radius 2 is 1.64 bits per heavy atom. The molecule has 0 bridgehead atoms. The van der Waals surface area contributed by atoms with Crippen molar-refractivity contribution in [3.63, 3.8) is 0 Å². The number of para-hydroxylation sites is 1. The zero-order valence-corrected chi connectivity index (χ0v) is 10.8. The minimum atomic E-state index is 0.990. The molecule has 0 aliphatic rings. The Bertz CT molecular complexity index is 610. The van der Waals surface area contributed by atoms with Crippen LogP contribution in [0.3, 0.4) is 0 Å². The summed E-state index contributed by atoms with van der Waals surface area (Å²) in [7, 11) is 0. The normalized spacial score (nSPS) is 11.2. The van der Waals surface area contributed by atoms with Gasteiger partial charge >= 0.3 is 95.4 Å². The van der Waals surface area contributed by atoms with E-state index in [4.69, 9.17) is 4.42 Å². The maximum absolute atomic E-state index is 5.75. The van der Waals surface area contributed by atoms with Crippen LogP contribution < -0.4 is 3.51 Å². The molecular weight excluding hydrogens is 282 g/mol. The molecule has 0 atom stereocenters. The predicted octanol–water partition coefficient (Wildman–Crippen LogP) is 1.84. The minimum absolute atomic E-state index is 0.990. The molecule has 0 saturated heterocycles. The molecule has 3 aromatic rings. The molecule has 0 saturated carbocycles. The third-order valence-electron chi connectivity index (χ3n) is 2.43. The second-order valence-electron chi connectivity index (χ2n) is 3.32. The molecule has 0 N–H and O–H groups in total. The summed E-state index contributed by atoms with van der Waals surface area (Å²) in [5.41, 5.74) is 2.00. The number of fused-ring (bicyclic) bond motifs is 3. The van der Waals surface area contributed by atoms with E-state index in [1.54, 1.807) is 0 Å². The van der Waals surface area contributed by atoms with E-state index >= 15 is 0 Å². The van der Waals surface area contributed by atoms with Crippen molar-refractivity contribution in [1.29, 1.82) is 0 Å². The zero-order valence-electron chi connectivity index (χ0n) is 7.53. The van der Waals surface area contributed by atoms with Gasteiger partial charge in [0.2, 0.25) is 0 Å². The number of rotatable bonds is 0. The van der Waals surface area contributed by atoms with Crippen LogP contribution in [0, 0.1) is 0 Å². The maximum atomic E-state index is 5.75. The van der Waals surface area contributed by atoms with Crippen LogP contribution in [0.25, 0.3) is 21.9 Å². The van der Waals surface area contributed by atoms with E-state index in [1.807, 2.05) is 18.2 Å². The summed E-state index contributed by atoms with van der Waals surface area (Å²) >= 11 is 1.13. The predicted molar refractivity (Wildman–Crippen MR) is 61.9 cm³/mol. The Labute approximate surface area is 95.2 Å². The van der Waals surface area contributed by atoms with Crippen molar-refractivity contribution in [3.8, 4) is 0 Å². The molecule has 1 heterocycles. The Kier molecular flexibility index (Phi) is 1.81. The molecular formula is C12H9OSb. The fourth-order valence-electron chi connectivity index (χ4n) is 1.80. The van der Waals surface area contributed by atoms with Crippen molar-refractivity contribution in [1.82, 2.24) is 0 Å². The van der Waals surface area contributed by atoms with Gasteiger partial charge in [-0.25, -0.2) is 0 Å². The van der Waals surface area contributed by atoms with Crippen LogP contribution in [0.5, 0.6) is 0 Å². The van der Waals surface area contributed by atoms with Gasteiger partial charge in [-0.15, -0.1) is 0 Å². The van der Waals surface area contributed by atoms with Crippen molar-refractivity contribution in [2.24, 2.45) is 0 Å². The summed E-state index contributed by atoms with van der Waals surface area (Å²) in [5.74, 6) is 0. The van der Waals surface area contributed by atoms with E-state index in [2.05, 4.69) is 24.3 Å². The van der Waals surface area contributed by atoms with Crippen molar-refractivity contribution in [3.05, 3.63) is 42.5 Å². The van der Waals surface area contributed by atoms with Crippen molar-refractivity contribution >= 4 is 48.5 Å². The summed E-state index contributed by atoms with van der Waals surface area (Å²) in [6.45, 7) is 0. The first-order chi connectivity index (χ1) is 6.86. The average Bonchev–Trinajstić information content (AvgIpc) is 2.57. The fraction of sp³-hybridized carbons (Fsp3) is 0. The summed E-state index contributed by atoms with van der Waals surface area (Å²) in [4.78, 5) is 0. The van der Waals surface area contributed by atoms with Gasteiger partial charge in [0.05, 0.1) is 0 Å². The third kappa shape index (κ3) is 1.09. The Hall–Kier alpha value is -0.942. The molecule has 1 aromatic heterocycles. The first kappa shape index (κ1) is 8.37. The second kappa shape index (κ2) is 3.03. The summed E-state index contributed by atoms with van der Waals surface area (Å²) in [5, 5.41) is 2.54. The molecule has 0 radical (unpaired) electrons. The quantitative estimate of drug-likeness (QED) is 0.576. The monoisotopic (exact) mass is 290 g/mol. The molecule has 0 aliphatic heterocycles. The van der Waals surface area contributed by atoms with Gasteiger partial charge in [0, 0.05) is 0 Å². The van der Waals surface area contributed by atoms with Crippen LogP contribution in [0.2, 0.25) is 0 Å². The van der Waals surface area contributed by atoms with Gasteiger partial charge in [0.15, 0.2) is 0 Å². The Morgan fingerprint density at radius 3 is 2.57 bits per heavy atom. The molecule has 68 valence electrons. The Balaban J connectivity index is 2.65. The standard InChI is InChI=1S/C12H7O.Sb.2H/c1-3-7-11-9(5-1)10-6-2-4-8-12(10)13-11;;;/h1-5,7-8H;;;. The molecule has 0 unspecified atom stereocenters. The molecule has 3 rings (SSSR count). The van der Waals surface area contributed by atoms with Crippen LogP contribution in [-0.2, 0) is 0 Å². The third-order valence-corrected chi connectivity index (χ3v) is 3.81. The van der Waals surface area contributed by atoms with Crippen LogP contribution in [0.15, 0.2) is 46.9 Å².